The summed E-state index contributed by atoms with van der Waals surface area (Å²) >= 11 is 0. The Morgan fingerprint density at radius 2 is 1.83 bits per heavy atom. The summed E-state index contributed by atoms with van der Waals surface area (Å²) in [7, 11) is 1.75. The Morgan fingerprint density at radius 1 is 1.03 bits per heavy atom. The number of hydrogen-bond acceptors (Lipinski definition) is 7. The van der Waals surface area contributed by atoms with Crippen LogP contribution in [0.4, 0.5) is 11.4 Å². The molecule has 0 saturated carbocycles. The Labute approximate surface area is 208 Å². The molecule has 3 aliphatic rings. The number of anilines is 2. The smallest absolute Gasteiger partial charge is 0.262 e. The molecule has 1 unspecified atom stereocenters. The number of nitrogens with one attached hydrogen (secondary N) is 3. The lowest BCUT2D eigenvalue weighted by Gasteiger charge is -2.30. The first kappa shape index (κ1) is 23.7. The van der Waals surface area contributed by atoms with Crippen LogP contribution in [0.5, 0.6) is 0 Å². The highest BCUT2D eigenvalue weighted by atomic mass is 16.2. The van der Waals surface area contributed by atoms with Crippen LogP contribution in [0.25, 0.3) is 0 Å². The van der Waals surface area contributed by atoms with Crippen LogP contribution in [-0.2, 0) is 27.3 Å². The van der Waals surface area contributed by atoms with Gasteiger partial charge in [-0.25, -0.2) is 0 Å². The van der Waals surface area contributed by atoms with Crippen molar-refractivity contribution in [3.05, 3.63) is 58.7 Å². The van der Waals surface area contributed by atoms with Crippen molar-refractivity contribution in [2.75, 3.05) is 30.4 Å². The average molecular weight is 490 g/mol. The summed E-state index contributed by atoms with van der Waals surface area (Å²) in [5.74, 6) is -2.06. The molecule has 3 aliphatic heterocycles. The standard InChI is InChI=1S/C26H27N5O5/c1-27-14-23(33)30-10-2-3-16-5-6-17(12-21(16)30)28-13-15-4-7-18-19(11-15)26(36)31(25(18)35)20-8-9-22(32)29-24(20)34/h4-7,11-12,20,27-28H,2-3,8-10,13-14H2,1H3,(H,29,32,34). The van der Waals surface area contributed by atoms with Crippen LogP contribution in [0.3, 0.4) is 0 Å². The van der Waals surface area contributed by atoms with Gasteiger partial charge >= 0.3 is 0 Å². The van der Waals surface area contributed by atoms with Crippen LogP contribution in [0.15, 0.2) is 36.4 Å². The van der Waals surface area contributed by atoms with Gasteiger partial charge in [0.1, 0.15) is 6.04 Å². The maximum Gasteiger partial charge on any atom is 0.262 e. The average Bonchev–Trinajstić information content (AvgIpc) is 3.11. The third kappa shape index (κ3) is 4.24. The van der Waals surface area contributed by atoms with Crippen LogP contribution in [0.2, 0.25) is 0 Å². The zero-order valence-electron chi connectivity index (χ0n) is 19.9. The minimum absolute atomic E-state index is 0.0259. The SMILES string of the molecule is CNCC(=O)N1CCCc2ccc(NCc3ccc4c(c3)C(=O)N(C3CCC(=O)NC3=O)C4=O)cc21. The molecule has 1 atom stereocenters. The van der Waals surface area contributed by atoms with E-state index in [0.717, 1.165) is 40.2 Å². The van der Waals surface area contributed by atoms with Crippen LogP contribution in [0.1, 0.15) is 51.1 Å². The fourth-order valence-electron chi connectivity index (χ4n) is 5.02. The maximum atomic E-state index is 13.1. The molecule has 10 nitrogen and oxygen atoms in total. The van der Waals surface area contributed by atoms with Gasteiger partial charge in [0.2, 0.25) is 17.7 Å². The van der Waals surface area contributed by atoms with Gasteiger partial charge < -0.3 is 15.5 Å². The molecule has 0 aromatic heterocycles. The Morgan fingerprint density at radius 3 is 2.61 bits per heavy atom. The minimum Gasteiger partial charge on any atom is -0.381 e. The van der Waals surface area contributed by atoms with Gasteiger partial charge in [-0.05, 0) is 61.7 Å². The molecule has 0 radical (unpaired) electrons. The van der Waals surface area contributed by atoms with E-state index >= 15 is 0 Å². The molecule has 1 saturated heterocycles. The number of carbonyl (C=O) groups excluding carboxylic acids is 5. The number of hydrogen-bond donors (Lipinski definition) is 3. The van der Waals surface area contributed by atoms with Gasteiger partial charge in [0.15, 0.2) is 0 Å². The molecule has 5 amide bonds. The van der Waals surface area contributed by atoms with E-state index in [4.69, 9.17) is 0 Å². The lowest BCUT2D eigenvalue weighted by Crippen LogP contribution is -2.54. The van der Waals surface area contributed by atoms with Crippen molar-refractivity contribution in [2.45, 2.75) is 38.3 Å². The largest absolute Gasteiger partial charge is 0.381 e. The number of benzene rings is 2. The molecule has 0 bridgehead atoms. The predicted molar refractivity (Wildman–Crippen MR) is 131 cm³/mol. The lowest BCUT2D eigenvalue weighted by atomic mass is 10.0. The first-order valence-corrected chi connectivity index (χ1v) is 12.0. The Bertz CT molecular complexity index is 1290. The van der Waals surface area contributed by atoms with Crippen LogP contribution in [0, 0.1) is 0 Å². The second-order valence-corrected chi connectivity index (χ2v) is 9.20. The van der Waals surface area contributed by atoms with Crippen molar-refractivity contribution >= 4 is 40.9 Å². The number of nitrogens with zero attached hydrogens (tertiary/aromatic N) is 2. The molecule has 0 aliphatic carbocycles. The highest BCUT2D eigenvalue weighted by Gasteiger charge is 2.44. The third-order valence-corrected chi connectivity index (χ3v) is 6.83. The van der Waals surface area contributed by atoms with Crippen molar-refractivity contribution < 1.29 is 24.0 Å². The maximum absolute atomic E-state index is 13.1. The Balaban J connectivity index is 1.31. The van der Waals surface area contributed by atoms with Crippen molar-refractivity contribution in [3.8, 4) is 0 Å². The van der Waals surface area contributed by atoms with Gasteiger partial charge in [0, 0.05) is 30.9 Å². The third-order valence-electron chi connectivity index (χ3n) is 6.83. The van der Waals surface area contributed by atoms with Crippen LogP contribution < -0.4 is 20.9 Å². The molecule has 2 aromatic rings. The van der Waals surface area contributed by atoms with Gasteiger partial charge in [0.05, 0.1) is 17.7 Å². The van der Waals surface area contributed by atoms with Crippen molar-refractivity contribution in [1.29, 1.82) is 0 Å². The second-order valence-electron chi connectivity index (χ2n) is 9.20. The second kappa shape index (κ2) is 9.54. The number of likely N-dealkylation sites (N-methyl/N-ethyl adjacent to an activating group) is 1. The fraction of sp³-hybridized carbons (Fsp3) is 0.346. The highest BCUT2D eigenvalue weighted by Crippen LogP contribution is 2.31. The zero-order chi connectivity index (χ0) is 25.4. The van der Waals surface area contributed by atoms with E-state index in [0.29, 0.717) is 13.1 Å². The van der Waals surface area contributed by atoms with Crippen molar-refractivity contribution in [2.24, 2.45) is 0 Å². The molecule has 186 valence electrons. The molecular weight excluding hydrogens is 462 g/mol. The summed E-state index contributed by atoms with van der Waals surface area (Å²) in [5.41, 5.74) is 4.17. The molecule has 5 rings (SSSR count). The Kier molecular flexibility index (Phi) is 6.27. The number of amides is 5. The molecule has 0 spiro atoms. The highest BCUT2D eigenvalue weighted by molar-refractivity contribution is 6.23. The molecule has 2 aromatic carbocycles. The monoisotopic (exact) mass is 489 g/mol. The molecule has 10 heteroatoms. The number of carbonyl (C=O) groups is 5. The first-order valence-electron chi connectivity index (χ1n) is 12.0. The molecule has 1 fully saturated rings. The van der Waals surface area contributed by atoms with E-state index in [1.807, 2.05) is 23.1 Å². The van der Waals surface area contributed by atoms with E-state index in [1.165, 1.54) is 0 Å². The Hall–Kier alpha value is -4.05. The quantitative estimate of drug-likeness (QED) is 0.520. The van der Waals surface area contributed by atoms with E-state index in [9.17, 15) is 24.0 Å². The summed E-state index contributed by atoms with van der Waals surface area (Å²) < 4.78 is 0. The van der Waals surface area contributed by atoms with Crippen molar-refractivity contribution in [1.82, 2.24) is 15.5 Å². The number of rotatable bonds is 6. The first-order chi connectivity index (χ1) is 17.4. The normalized spacial score (nSPS) is 19.2. The summed E-state index contributed by atoms with van der Waals surface area (Å²) in [6.45, 7) is 1.35. The van der Waals surface area contributed by atoms with E-state index in [-0.39, 0.29) is 36.4 Å². The zero-order valence-corrected chi connectivity index (χ0v) is 19.9. The topological polar surface area (TPSA) is 128 Å². The van der Waals surface area contributed by atoms with Gasteiger partial charge in [0.25, 0.3) is 11.8 Å². The minimum atomic E-state index is -0.985. The summed E-state index contributed by atoms with van der Waals surface area (Å²) in [6, 6.07) is 10.0. The van der Waals surface area contributed by atoms with Crippen LogP contribution >= 0.6 is 0 Å². The summed E-state index contributed by atoms with van der Waals surface area (Å²) in [4.78, 5) is 64.9. The number of aryl methyl sites for hydroxylation is 1. The van der Waals surface area contributed by atoms with Crippen molar-refractivity contribution in [3.63, 3.8) is 0 Å². The van der Waals surface area contributed by atoms with Gasteiger partial charge in [-0.2, -0.15) is 0 Å². The fourth-order valence-corrected chi connectivity index (χ4v) is 5.02. The number of piperidine rings is 1. The molecular formula is C26H27N5O5. The summed E-state index contributed by atoms with van der Waals surface area (Å²) in [5, 5.41) is 8.46. The molecule has 3 N–H and O–H groups in total. The van der Waals surface area contributed by atoms with E-state index in [2.05, 4.69) is 16.0 Å². The van der Waals surface area contributed by atoms with E-state index in [1.54, 1.807) is 25.2 Å². The van der Waals surface area contributed by atoms with Crippen LogP contribution in [-0.4, -0.2) is 60.6 Å². The number of fused-ring (bicyclic) bond motifs is 2. The predicted octanol–water partition coefficient (Wildman–Crippen LogP) is 1.20. The molecule has 36 heavy (non-hydrogen) atoms. The van der Waals surface area contributed by atoms with Gasteiger partial charge in [-0.3, -0.25) is 34.2 Å². The summed E-state index contributed by atoms with van der Waals surface area (Å²) in [6.07, 6.45) is 2.05. The van der Waals surface area contributed by atoms with Gasteiger partial charge in [-0.1, -0.05) is 12.1 Å². The van der Waals surface area contributed by atoms with Gasteiger partial charge in [-0.15, -0.1) is 0 Å². The molecule has 3 heterocycles. The van der Waals surface area contributed by atoms with E-state index < -0.39 is 29.7 Å². The lowest BCUT2D eigenvalue weighted by molar-refractivity contribution is -0.136. The number of imide groups is 2.